The first kappa shape index (κ1) is 38.7. The Morgan fingerprint density at radius 1 is 0.930 bits per heavy atom. The molecule has 19 heteroatoms. The van der Waals surface area contributed by atoms with E-state index in [1.165, 1.54) is 19.3 Å². The summed E-state index contributed by atoms with van der Waals surface area (Å²) < 4.78 is 86.9. The first-order chi connectivity index (χ1) is 27.3. The van der Waals surface area contributed by atoms with Gasteiger partial charge in [0.2, 0.25) is 11.9 Å². The zero-order valence-corrected chi connectivity index (χ0v) is 32.0. The Hall–Kier alpha value is -5.17. The number of sulfone groups is 1. The van der Waals surface area contributed by atoms with Crippen LogP contribution in [-0.2, 0) is 25.5 Å². The molecule has 0 spiro atoms. The first-order valence-corrected chi connectivity index (χ1v) is 20.5. The van der Waals surface area contributed by atoms with E-state index in [4.69, 9.17) is 14.7 Å². The van der Waals surface area contributed by atoms with Crippen molar-refractivity contribution < 1.29 is 35.5 Å². The van der Waals surface area contributed by atoms with E-state index in [2.05, 4.69) is 26.8 Å². The van der Waals surface area contributed by atoms with Crippen LogP contribution < -0.4 is 20.0 Å². The lowest BCUT2D eigenvalue weighted by Gasteiger charge is -2.47. The molecule has 14 nitrogen and oxygen atoms in total. The van der Waals surface area contributed by atoms with Gasteiger partial charge in [-0.05, 0) is 55.0 Å². The summed E-state index contributed by atoms with van der Waals surface area (Å²) in [7, 11) is -2.03. The van der Waals surface area contributed by atoms with Gasteiger partial charge in [0.25, 0.3) is 0 Å². The molecule has 0 aromatic carbocycles. The lowest BCUT2D eigenvalue weighted by molar-refractivity contribution is -0.141. The van der Waals surface area contributed by atoms with Crippen LogP contribution in [0.15, 0.2) is 61.7 Å². The minimum absolute atomic E-state index is 0.0608. The lowest BCUT2D eigenvalue weighted by Crippen LogP contribution is -2.60. The first-order valence-electron chi connectivity index (χ1n) is 18.8. The maximum absolute atomic E-state index is 14.7. The zero-order chi connectivity index (χ0) is 40.1. The highest BCUT2D eigenvalue weighted by Gasteiger charge is 2.45. The molecule has 4 aromatic rings. The fourth-order valence-electron chi connectivity index (χ4n) is 8.41. The van der Waals surface area contributed by atoms with Crippen molar-refractivity contribution in [3.8, 4) is 0 Å². The number of amides is 1. The number of anilines is 5. The number of piperidine rings is 1. The van der Waals surface area contributed by atoms with Crippen LogP contribution in [0.3, 0.4) is 0 Å². The number of carbonyl (C=O) groups is 1. The van der Waals surface area contributed by atoms with Gasteiger partial charge < -0.3 is 29.7 Å². The second-order valence-corrected chi connectivity index (χ2v) is 17.2. The monoisotopic (exact) mass is 810 g/mol. The predicted molar refractivity (Wildman–Crippen MR) is 206 cm³/mol. The molecule has 0 saturated carbocycles. The van der Waals surface area contributed by atoms with E-state index in [9.17, 15) is 30.8 Å². The molecule has 4 atom stereocenters. The average molecular weight is 811 g/mol. The van der Waals surface area contributed by atoms with E-state index in [-0.39, 0.29) is 48.9 Å². The third kappa shape index (κ3) is 7.65. The van der Waals surface area contributed by atoms with E-state index in [0.29, 0.717) is 61.4 Å². The molecule has 4 saturated heterocycles. The molecule has 57 heavy (non-hydrogen) atoms. The van der Waals surface area contributed by atoms with Gasteiger partial charge >= 0.3 is 6.18 Å². The number of nitrogens with one attached hydrogen (secondary N) is 1. The smallest absolute Gasteiger partial charge is 0.378 e. The molecular formula is C38H42F4N10O4S. The highest BCUT2D eigenvalue weighted by molar-refractivity contribution is 7.92. The number of carbonyl (C=O) groups excluding carboxylic acids is 1. The standard InChI is InChI=1S/C38H42F4N10O4S/c1-3-35(53)52-11-4-5-29(52)26-17-46-36(51-19-23(20-51)31-22-49(13-14-57(31,54)55)24-6-9-43-32(15-24)38(40,41)42)27-18-45-34(16-25(26)27)47-33-7-10-44-37(48-33)50-12-8-30(56-2)28(39)21-50/h3,6-7,9-10,15-18,23,28-31H,1,4-5,8,11-14,19-22H2,2H3,(H,44,45,47,48)/t28-,29?,30+,31?/m0/s1. The Morgan fingerprint density at radius 2 is 1.74 bits per heavy atom. The van der Waals surface area contributed by atoms with Crippen LogP contribution in [0.25, 0.3) is 10.8 Å². The molecule has 4 fully saturated rings. The summed E-state index contributed by atoms with van der Waals surface area (Å²) in [6, 6.07) is 5.72. The van der Waals surface area contributed by atoms with Crippen molar-refractivity contribution in [2.45, 2.75) is 49.0 Å². The van der Waals surface area contributed by atoms with Crippen molar-refractivity contribution in [3.05, 3.63) is 73.0 Å². The molecular weight excluding hydrogens is 769 g/mol. The predicted octanol–water partition coefficient (Wildman–Crippen LogP) is 4.73. The minimum atomic E-state index is -4.62. The molecule has 4 aliphatic heterocycles. The number of methoxy groups -OCH3 is 1. The van der Waals surface area contributed by atoms with Crippen LogP contribution >= 0.6 is 0 Å². The Labute approximate surface area is 326 Å². The van der Waals surface area contributed by atoms with E-state index in [1.807, 2.05) is 11.0 Å². The fraction of sp³-hybridized carbons (Fsp3) is 0.474. The molecule has 4 aliphatic rings. The summed E-state index contributed by atoms with van der Waals surface area (Å²) in [4.78, 5) is 42.2. The van der Waals surface area contributed by atoms with Crippen molar-refractivity contribution in [2.75, 3.05) is 78.7 Å². The van der Waals surface area contributed by atoms with E-state index < -0.39 is 39.2 Å². The summed E-state index contributed by atoms with van der Waals surface area (Å²) in [5.41, 5.74) is 0.0732. The normalized spacial score (nSPS) is 24.1. The van der Waals surface area contributed by atoms with Crippen molar-refractivity contribution in [2.24, 2.45) is 5.92 Å². The Morgan fingerprint density at radius 3 is 2.49 bits per heavy atom. The Kier molecular flexibility index (Phi) is 10.4. The molecule has 8 heterocycles. The summed E-state index contributed by atoms with van der Waals surface area (Å²) in [5.74, 6) is 1.24. The summed E-state index contributed by atoms with van der Waals surface area (Å²) in [6.45, 7) is 5.76. The third-order valence-corrected chi connectivity index (χ3v) is 13.7. The molecule has 8 rings (SSSR count). The van der Waals surface area contributed by atoms with Gasteiger partial charge in [-0.2, -0.15) is 18.2 Å². The zero-order valence-electron chi connectivity index (χ0n) is 31.1. The van der Waals surface area contributed by atoms with Gasteiger partial charge in [-0.3, -0.25) is 9.78 Å². The van der Waals surface area contributed by atoms with Crippen LogP contribution in [0.2, 0.25) is 0 Å². The van der Waals surface area contributed by atoms with Gasteiger partial charge in [0.1, 0.15) is 29.3 Å². The van der Waals surface area contributed by atoms with Crippen LogP contribution in [0, 0.1) is 5.92 Å². The molecule has 4 aromatic heterocycles. The van der Waals surface area contributed by atoms with Crippen molar-refractivity contribution >= 4 is 55.6 Å². The number of fused-ring (bicyclic) bond motifs is 1. The lowest BCUT2D eigenvalue weighted by atomic mass is 9.93. The Balaban J connectivity index is 1.06. The van der Waals surface area contributed by atoms with Gasteiger partial charge in [0.05, 0.1) is 29.7 Å². The van der Waals surface area contributed by atoms with E-state index in [0.717, 1.165) is 36.1 Å². The molecule has 0 radical (unpaired) electrons. The fourth-order valence-corrected chi connectivity index (χ4v) is 10.4. The van der Waals surface area contributed by atoms with Crippen molar-refractivity contribution in [1.82, 2.24) is 29.8 Å². The molecule has 302 valence electrons. The number of pyridine rings is 3. The van der Waals surface area contributed by atoms with Gasteiger partial charge in [0.15, 0.2) is 9.84 Å². The molecule has 1 N–H and O–H groups in total. The quantitative estimate of drug-likeness (QED) is 0.184. The van der Waals surface area contributed by atoms with Gasteiger partial charge in [-0.25, -0.2) is 27.8 Å². The highest BCUT2D eigenvalue weighted by Crippen LogP contribution is 2.41. The third-order valence-electron chi connectivity index (χ3n) is 11.5. The number of likely N-dealkylation sites (tertiary alicyclic amines) is 1. The SMILES string of the molecule is C=CC(=O)N1CCCC1c1cnc(N2CC(C3CN(c4ccnc(C(F)(F)F)c4)CCS3(=O)=O)C2)c2cnc(Nc3ccnc(N4CC[C@@H](OC)[C@@H](F)C4)n3)cc12. The highest BCUT2D eigenvalue weighted by atomic mass is 32.2. The summed E-state index contributed by atoms with van der Waals surface area (Å²) in [6.07, 6.45) is 3.18. The molecule has 1 amide bonds. The van der Waals surface area contributed by atoms with Gasteiger partial charge in [0, 0.05) is 93.7 Å². The summed E-state index contributed by atoms with van der Waals surface area (Å²) in [5, 5.41) is 3.97. The number of nitrogens with zero attached hydrogens (tertiary/aromatic N) is 9. The van der Waals surface area contributed by atoms with Gasteiger partial charge in [-0.15, -0.1) is 0 Å². The number of hydrogen-bond acceptors (Lipinski definition) is 13. The number of halogens is 4. The molecule has 0 aliphatic carbocycles. The van der Waals surface area contributed by atoms with Gasteiger partial charge in [-0.1, -0.05) is 6.58 Å². The average Bonchev–Trinajstić information content (AvgIpc) is 3.67. The molecule has 0 bridgehead atoms. The number of alkyl halides is 4. The molecule has 2 unspecified atom stereocenters. The van der Waals surface area contributed by atoms with Crippen molar-refractivity contribution in [1.29, 1.82) is 0 Å². The number of aromatic nitrogens is 5. The topological polar surface area (TPSA) is 150 Å². The van der Waals surface area contributed by atoms with Crippen LogP contribution in [0.4, 0.5) is 46.7 Å². The second-order valence-electron chi connectivity index (χ2n) is 14.9. The van der Waals surface area contributed by atoms with Crippen LogP contribution in [-0.4, -0.2) is 120 Å². The Bertz CT molecular complexity index is 2280. The number of rotatable bonds is 9. The maximum Gasteiger partial charge on any atom is 0.433 e. The minimum Gasteiger partial charge on any atom is -0.378 e. The maximum atomic E-state index is 14.7. The van der Waals surface area contributed by atoms with Crippen LogP contribution in [0.5, 0.6) is 0 Å². The van der Waals surface area contributed by atoms with E-state index >= 15 is 0 Å². The van der Waals surface area contributed by atoms with E-state index in [1.54, 1.807) is 39.4 Å². The number of hydrogen-bond donors (Lipinski definition) is 1. The van der Waals surface area contributed by atoms with Crippen LogP contribution in [0.1, 0.15) is 36.6 Å². The van der Waals surface area contributed by atoms with Crippen molar-refractivity contribution in [3.63, 3.8) is 0 Å². The largest absolute Gasteiger partial charge is 0.433 e. The summed E-state index contributed by atoms with van der Waals surface area (Å²) >= 11 is 0. The second kappa shape index (κ2) is 15.3. The number of ether oxygens (including phenoxy) is 1.